The molecule has 0 unspecified atom stereocenters. The lowest BCUT2D eigenvalue weighted by Crippen LogP contribution is -2.00. The van der Waals surface area contributed by atoms with Gasteiger partial charge in [0.25, 0.3) is 0 Å². The predicted molar refractivity (Wildman–Crippen MR) is 132 cm³/mol. The molecular weight excluding hydrogens is 470 g/mol. The van der Waals surface area contributed by atoms with Crippen molar-refractivity contribution in [1.29, 1.82) is 0 Å². The first kappa shape index (κ1) is 22.2. The normalized spacial score (nSPS) is 11.0. The fourth-order valence-electron chi connectivity index (χ4n) is 3.33. The molecule has 0 saturated carbocycles. The van der Waals surface area contributed by atoms with Crippen LogP contribution in [0.3, 0.4) is 0 Å². The van der Waals surface area contributed by atoms with Gasteiger partial charge in [-0.1, -0.05) is 16.9 Å². The monoisotopic (exact) mass is 491 g/mol. The molecular formula is C24H21N5O3S2. The molecule has 0 atom stereocenters. The number of nitrogens with zero attached hydrogens (tertiary/aromatic N) is 5. The molecule has 0 aliphatic rings. The van der Waals surface area contributed by atoms with Crippen LogP contribution in [0.5, 0.6) is 11.5 Å². The van der Waals surface area contributed by atoms with Crippen molar-refractivity contribution in [3.63, 3.8) is 0 Å². The summed E-state index contributed by atoms with van der Waals surface area (Å²) in [6.45, 7) is 2.58. The Kier molecular flexibility index (Phi) is 6.59. The Labute approximate surface area is 204 Å². The number of rotatable bonds is 9. The first-order chi connectivity index (χ1) is 16.7. The van der Waals surface area contributed by atoms with Gasteiger partial charge in [0.2, 0.25) is 11.7 Å². The average Bonchev–Trinajstić information content (AvgIpc) is 3.64. The van der Waals surface area contributed by atoms with Gasteiger partial charge in [-0.05, 0) is 66.9 Å². The van der Waals surface area contributed by atoms with Crippen molar-refractivity contribution in [3.8, 4) is 40.0 Å². The Hall–Kier alpha value is -3.63. The van der Waals surface area contributed by atoms with Crippen LogP contribution in [0.15, 0.2) is 75.0 Å². The van der Waals surface area contributed by atoms with Crippen molar-refractivity contribution in [1.82, 2.24) is 24.9 Å². The first-order valence-corrected chi connectivity index (χ1v) is 12.5. The Morgan fingerprint density at radius 2 is 1.76 bits per heavy atom. The molecule has 3 heterocycles. The summed E-state index contributed by atoms with van der Waals surface area (Å²) in [5.41, 5.74) is 2.79. The van der Waals surface area contributed by atoms with E-state index in [4.69, 9.17) is 14.0 Å². The molecule has 5 rings (SSSR count). The van der Waals surface area contributed by atoms with Gasteiger partial charge in [-0.15, -0.1) is 10.2 Å². The predicted octanol–water partition coefficient (Wildman–Crippen LogP) is 5.75. The third-order valence-electron chi connectivity index (χ3n) is 4.96. The highest BCUT2D eigenvalue weighted by Crippen LogP contribution is 2.31. The summed E-state index contributed by atoms with van der Waals surface area (Å²) < 4.78 is 18.4. The van der Waals surface area contributed by atoms with E-state index in [1.54, 1.807) is 18.4 Å². The van der Waals surface area contributed by atoms with Gasteiger partial charge in [0.05, 0.1) is 19.5 Å². The molecule has 34 heavy (non-hydrogen) atoms. The molecule has 2 aromatic carbocycles. The quantitative estimate of drug-likeness (QED) is 0.241. The molecule has 0 radical (unpaired) electrons. The number of benzene rings is 2. The molecule has 0 saturated heterocycles. The summed E-state index contributed by atoms with van der Waals surface area (Å²) in [5.74, 6) is 3.89. The smallest absolute Gasteiger partial charge is 0.237 e. The van der Waals surface area contributed by atoms with E-state index in [1.807, 2.05) is 76.8 Å². The molecule has 172 valence electrons. The highest BCUT2D eigenvalue weighted by molar-refractivity contribution is 7.98. The SMILES string of the molecule is CCOc1ccc(-n2c(SCc3nc(-c4ccsc4)no3)nnc2-c2ccc(OC)cc2)cc1. The fourth-order valence-corrected chi connectivity index (χ4v) is 4.75. The van der Waals surface area contributed by atoms with E-state index in [0.717, 1.165) is 34.1 Å². The van der Waals surface area contributed by atoms with E-state index < -0.39 is 0 Å². The maximum Gasteiger partial charge on any atom is 0.237 e. The largest absolute Gasteiger partial charge is 0.497 e. The molecule has 0 aliphatic heterocycles. The van der Waals surface area contributed by atoms with Crippen LogP contribution >= 0.6 is 23.1 Å². The van der Waals surface area contributed by atoms with Crippen molar-refractivity contribution < 1.29 is 14.0 Å². The highest BCUT2D eigenvalue weighted by atomic mass is 32.2. The lowest BCUT2D eigenvalue weighted by Gasteiger charge is -2.11. The number of hydrogen-bond donors (Lipinski definition) is 0. The Morgan fingerprint density at radius 1 is 0.971 bits per heavy atom. The second kappa shape index (κ2) is 10.1. The van der Waals surface area contributed by atoms with E-state index in [1.165, 1.54) is 11.8 Å². The zero-order chi connectivity index (χ0) is 23.3. The zero-order valence-electron chi connectivity index (χ0n) is 18.5. The second-order valence-corrected chi connectivity index (χ2v) is 8.83. The maximum absolute atomic E-state index is 5.60. The van der Waals surface area contributed by atoms with Crippen LogP contribution in [0, 0.1) is 0 Å². The summed E-state index contributed by atoms with van der Waals surface area (Å²) in [7, 11) is 1.65. The maximum atomic E-state index is 5.60. The third kappa shape index (κ3) is 4.68. The van der Waals surface area contributed by atoms with Gasteiger partial charge in [-0.25, -0.2) is 0 Å². The Morgan fingerprint density at radius 3 is 2.47 bits per heavy atom. The van der Waals surface area contributed by atoms with E-state index in [-0.39, 0.29) is 0 Å². The van der Waals surface area contributed by atoms with Crippen LogP contribution in [0.4, 0.5) is 0 Å². The topological polar surface area (TPSA) is 88.1 Å². The van der Waals surface area contributed by atoms with E-state index in [2.05, 4.69) is 20.3 Å². The van der Waals surface area contributed by atoms with Crippen molar-refractivity contribution in [2.75, 3.05) is 13.7 Å². The molecule has 0 bridgehead atoms. The molecule has 10 heteroatoms. The van der Waals surface area contributed by atoms with Crippen molar-refractivity contribution in [3.05, 3.63) is 71.2 Å². The second-order valence-electron chi connectivity index (χ2n) is 7.11. The van der Waals surface area contributed by atoms with E-state index in [0.29, 0.717) is 29.2 Å². The first-order valence-electron chi connectivity index (χ1n) is 10.6. The molecule has 3 aromatic heterocycles. The summed E-state index contributed by atoms with van der Waals surface area (Å²) >= 11 is 3.08. The zero-order valence-corrected chi connectivity index (χ0v) is 20.2. The van der Waals surface area contributed by atoms with Gasteiger partial charge >= 0.3 is 0 Å². The molecule has 5 aromatic rings. The van der Waals surface area contributed by atoms with Crippen molar-refractivity contribution in [2.24, 2.45) is 0 Å². The minimum absolute atomic E-state index is 0.467. The average molecular weight is 492 g/mol. The summed E-state index contributed by atoms with van der Waals surface area (Å²) in [4.78, 5) is 4.51. The van der Waals surface area contributed by atoms with Crippen molar-refractivity contribution in [2.45, 2.75) is 17.8 Å². The number of methoxy groups -OCH3 is 1. The molecule has 0 amide bonds. The molecule has 0 spiro atoms. The Balaban J connectivity index is 1.45. The minimum atomic E-state index is 0.467. The molecule has 0 N–H and O–H groups in total. The van der Waals surface area contributed by atoms with E-state index >= 15 is 0 Å². The van der Waals surface area contributed by atoms with Crippen LogP contribution in [-0.2, 0) is 5.75 Å². The van der Waals surface area contributed by atoms with Crippen LogP contribution in [0.1, 0.15) is 12.8 Å². The van der Waals surface area contributed by atoms with Gasteiger partial charge in [0.1, 0.15) is 11.5 Å². The standard InChI is InChI=1S/C24H21N5O3S2/c1-3-31-20-10-6-18(7-11-20)29-23(16-4-8-19(30-2)9-5-16)26-27-24(29)34-15-21-25-22(28-32-21)17-12-13-33-14-17/h4-14H,3,15H2,1-2H3. The third-order valence-corrected chi connectivity index (χ3v) is 6.56. The fraction of sp³-hybridized carbons (Fsp3) is 0.167. The minimum Gasteiger partial charge on any atom is -0.497 e. The van der Waals surface area contributed by atoms with Crippen molar-refractivity contribution >= 4 is 23.1 Å². The van der Waals surface area contributed by atoms with Crippen LogP contribution in [0.25, 0.3) is 28.5 Å². The highest BCUT2D eigenvalue weighted by Gasteiger charge is 2.18. The van der Waals surface area contributed by atoms with Gasteiger partial charge in [-0.2, -0.15) is 16.3 Å². The van der Waals surface area contributed by atoms with E-state index in [9.17, 15) is 0 Å². The van der Waals surface area contributed by atoms with Crippen LogP contribution in [-0.4, -0.2) is 38.6 Å². The molecule has 8 nitrogen and oxygen atoms in total. The lowest BCUT2D eigenvalue weighted by atomic mass is 10.2. The summed E-state index contributed by atoms with van der Waals surface area (Å²) in [6.07, 6.45) is 0. The van der Waals surface area contributed by atoms with Crippen LogP contribution < -0.4 is 9.47 Å². The number of thioether (sulfide) groups is 1. The summed E-state index contributed by atoms with van der Waals surface area (Å²) in [6, 6.07) is 17.6. The summed E-state index contributed by atoms with van der Waals surface area (Å²) in [5, 5.41) is 17.7. The van der Waals surface area contributed by atoms with Gasteiger partial charge in [0, 0.05) is 22.2 Å². The van der Waals surface area contributed by atoms with Gasteiger partial charge in [0.15, 0.2) is 11.0 Å². The number of aromatic nitrogens is 5. The molecule has 0 fully saturated rings. The van der Waals surface area contributed by atoms with Gasteiger partial charge in [-0.3, -0.25) is 4.57 Å². The lowest BCUT2D eigenvalue weighted by molar-refractivity contribution is 0.340. The number of ether oxygens (including phenoxy) is 2. The number of thiophene rings is 1. The Bertz CT molecular complexity index is 1350. The number of hydrogen-bond acceptors (Lipinski definition) is 9. The van der Waals surface area contributed by atoms with Crippen LogP contribution in [0.2, 0.25) is 0 Å². The van der Waals surface area contributed by atoms with Gasteiger partial charge < -0.3 is 14.0 Å². The molecule has 0 aliphatic carbocycles.